The Morgan fingerprint density at radius 3 is 2.73 bits per heavy atom. The van der Waals surface area contributed by atoms with E-state index in [4.69, 9.17) is 5.73 Å². The number of benzene rings is 1. The van der Waals surface area contributed by atoms with Crippen LogP contribution in [0.3, 0.4) is 0 Å². The molecule has 2 aliphatic rings. The molecule has 1 saturated heterocycles. The van der Waals surface area contributed by atoms with Crippen molar-refractivity contribution in [2.75, 3.05) is 20.1 Å². The molecule has 2 nitrogen and oxygen atoms in total. The largest absolute Gasteiger partial charge is 0.330 e. The van der Waals surface area contributed by atoms with E-state index in [1.54, 1.807) is 5.56 Å². The van der Waals surface area contributed by atoms with Crippen LogP contribution in [0, 0.1) is 11.3 Å². The molecule has 1 aromatic rings. The average molecular weight is 300 g/mol. The maximum absolute atomic E-state index is 5.89. The highest BCUT2D eigenvalue weighted by Gasteiger charge is 2.31. The number of hydrogen-bond acceptors (Lipinski definition) is 2. The molecule has 3 unspecified atom stereocenters. The maximum Gasteiger partial charge on any atom is 0.0348 e. The summed E-state index contributed by atoms with van der Waals surface area (Å²) in [5.41, 5.74) is 9.46. The number of nitrogens with two attached hydrogens (primary N) is 1. The quantitative estimate of drug-likeness (QED) is 0.900. The van der Waals surface area contributed by atoms with Gasteiger partial charge in [0.15, 0.2) is 0 Å². The number of nitrogens with zero attached hydrogens (tertiary/aromatic N) is 1. The SMILES string of the molecule is CN1CC(CN)CC1c1cccc(C2CCCC(C)(C)C2)c1. The lowest BCUT2D eigenvalue weighted by Crippen LogP contribution is -2.22. The number of hydrogen-bond donors (Lipinski definition) is 1. The van der Waals surface area contributed by atoms with E-state index in [0.717, 1.165) is 19.0 Å². The Labute approximate surface area is 136 Å². The lowest BCUT2D eigenvalue weighted by atomic mass is 9.70. The molecule has 0 radical (unpaired) electrons. The third-order valence-electron chi connectivity index (χ3n) is 5.94. The van der Waals surface area contributed by atoms with Crippen molar-refractivity contribution in [3.05, 3.63) is 35.4 Å². The van der Waals surface area contributed by atoms with Gasteiger partial charge in [0.1, 0.15) is 0 Å². The molecule has 0 spiro atoms. The van der Waals surface area contributed by atoms with Crippen LogP contribution in [-0.2, 0) is 0 Å². The zero-order valence-electron chi connectivity index (χ0n) is 14.5. The van der Waals surface area contributed by atoms with Crippen LogP contribution in [0.5, 0.6) is 0 Å². The fourth-order valence-electron chi connectivity index (χ4n) is 4.67. The second-order valence-corrected chi connectivity index (χ2v) is 8.42. The summed E-state index contributed by atoms with van der Waals surface area (Å²) in [5.74, 6) is 1.41. The average Bonchev–Trinajstić information content (AvgIpc) is 2.87. The number of rotatable bonds is 3. The van der Waals surface area contributed by atoms with E-state index in [-0.39, 0.29) is 0 Å². The second-order valence-electron chi connectivity index (χ2n) is 8.42. The summed E-state index contributed by atoms with van der Waals surface area (Å²) in [6, 6.07) is 10.00. The van der Waals surface area contributed by atoms with E-state index >= 15 is 0 Å². The molecular weight excluding hydrogens is 268 g/mol. The summed E-state index contributed by atoms with van der Waals surface area (Å²) in [6.07, 6.45) is 6.67. The van der Waals surface area contributed by atoms with Gasteiger partial charge < -0.3 is 5.73 Å². The van der Waals surface area contributed by atoms with Crippen molar-refractivity contribution < 1.29 is 0 Å². The first-order valence-corrected chi connectivity index (χ1v) is 8.99. The monoisotopic (exact) mass is 300 g/mol. The normalized spacial score (nSPS) is 32.3. The smallest absolute Gasteiger partial charge is 0.0348 e. The van der Waals surface area contributed by atoms with Gasteiger partial charge in [0.05, 0.1) is 0 Å². The van der Waals surface area contributed by atoms with Gasteiger partial charge in [-0.3, -0.25) is 4.90 Å². The fraction of sp³-hybridized carbons (Fsp3) is 0.700. The molecule has 1 saturated carbocycles. The van der Waals surface area contributed by atoms with Crippen LogP contribution in [0.25, 0.3) is 0 Å². The topological polar surface area (TPSA) is 29.3 Å². The summed E-state index contributed by atoms with van der Waals surface area (Å²) in [7, 11) is 2.25. The van der Waals surface area contributed by atoms with Gasteiger partial charge >= 0.3 is 0 Å². The predicted molar refractivity (Wildman–Crippen MR) is 94.0 cm³/mol. The zero-order valence-corrected chi connectivity index (χ0v) is 14.5. The Balaban J connectivity index is 1.78. The highest BCUT2D eigenvalue weighted by atomic mass is 15.2. The van der Waals surface area contributed by atoms with Gasteiger partial charge in [-0.25, -0.2) is 0 Å². The van der Waals surface area contributed by atoms with Crippen molar-refractivity contribution in [1.29, 1.82) is 0 Å². The molecule has 2 heteroatoms. The fourth-order valence-corrected chi connectivity index (χ4v) is 4.67. The van der Waals surface area contributed by atoms with Crippen molar-refractivity contribution >= 4 is 0 Å². The van der Waals surface area contributed by atoms with Gasteiger partial charge in [-0.1, -0.05) is 44.5 Å². The van der Waals surface area contributed by atoms with E-state index in [9.17, 15) is 0 Å². The lowest BCUT2D eigenvalue weighted by molar-refractivity contribution is 0.219. The van der Waals surface area contributed by atoms with Crippen molar-refractivity contribution in [3.8, 4) is 0 Å². The van der Waals surface area contributed by atoms with Gasteiger partial charge in [-0.15, -0.1) is 0 Å². The Bertz CT molecular complexity index is 508. The molecule has 122 valence electrons. The van der Waals surface area contributed by atoms with Gasteiger partial charge in [-0.05, 0) is 67.7 Å². The molecule has 2 N–H and O–H groups in total. The van der Waals surface area contributed by atoms with E-state index in [1.807, 2.05) is 0 Å². The van der Waals surface area contributed by atoms with Crippen LogP contribution < -0.4 is 5.73 Å². The minimum absolute atomic E-state index is 0.508. The molecule has 3 atom stereocenters. The Morgan fingerprint density at radius 2 is 2.05 bits per heavy atom. The number of likely N-dealkylation sites (tertiary alicyclic amines) is 1. The van der Waals surface area contributed by atoms with E-state index in [1.165, 1.54) is 37.7 Å². The van der Waals surface area contributed by atoms with Gasteiger partial charge in [0, 0.05) is 12.6 Å². The van der Waals surface area contributed by atoms with Crippen LogP contribution in [0.4, 0.5) is 0 Å². The molecule has 22 heavy (non-hydrogen) atoms. The van der Waals surface area contributed by atoms with Crippen LogP contribution in [0.1, 0.15) is 69.0 Å². The van der Waals surface area contributed by atoms with Crippen LogP contribution in [0.2, 0.25) is 0 Å². The third-order valence-corrected chi connectivity index (χ3v) is 5.94. The van der Waals surface area contributed by atoms with Gasteiger partial charge in [-0.2, -0.15) is 0 Å². The van der Waals surface area contributed by atoms with Gasteiger partial charge in [0.25, 0.3) is 0 Å². The molecule has 0 bridgehead atoms. The van der Waals surface area contributed by atoms with Crippen LogP contribution in [-0.4, -0.2) is 25.0 Å². The molecular formula is C20H32N2. The Kier molecular flexibility index (Phi) is 4.61. The first kappa shape index (κ1) is 16.0. The Hall–Kier alpha value is -0.860. The summed E-state index contributed by atoms with van der Waals surface area (Å²) >= 11 is 0. The molecule has 1 aliphatic carbocycles. The lowest BCUT2D eigenvalue weighted by Gasteiger charge is -2.35. The van der Waals surface area contributed by atoms with Crippen LogP contribution >= 0.6 is 0 Å². The standard InChI is InChI=1S/C20H32N2/c1-20(2)9-5-8-18(12-20)16-6-4-7-17(11-16)19-10-15(13-21)14-22(19)3/h4,6-7,11,15,18-19H,5,8-10,12-14,21H2,1-3H3. The molecule has 1 aromatic carbocycles. The predicted octanol–water partition coefficient (Wildman–Crippen LogP) is 4.32. The summed E-state index contributed by atoms with van der Waals surface area (Å²) < 4.78 is 0. The van der Waals surface area contributed by atoms with Crippen molar-refractivity contribution in [1.82, 2.24) is 4.90 Å². The highest BCUT2D eigenvalue weighted by Crippen LogP contribution is 2.44. The second kappa shape index (κ2) is 6.33. The molecule has 0 aromatic heterocycles. The van der Waals surface area contributed by atoms with Crippen molar-refractivity contribution in [3.63, 3.8) is 0 Å². The minimum atomic E-state index is 0.508. The van der Waals surface area contributed by atoms with E-state index in [2.05, 4.69) is 50.1 Å². The van der Waals surface area contributed by atoms with E-state index < -0.39 is 0 Å². The minimum Gasteiger partial charge on any atom is -0.330 e. The van der Waals surface area contributed by atoms with Crippen molar-refractivity contribution in [2.45, 2.75) is 57.9 Å². The molecule has 1 heterocycles. The van der Waals surface area contributed by atoms with E-state index in [0.29, 0.717) is 17.4 Å². The first-order chi connectivity index (χ1) is 10.5. The van der Waals surface area contributed by atoms with Crippen molar-refractivity contribution in [2.24, 2.45) is 17.1 Å². The van der Waals surface area contributed by atoms with Gasteiger partial charge in [0.2, 0.25) is 0 Å². The molecule has 2 fully saturated rings. The zero-order chi connectivity index (χ0) is 15.7. The summed E-state index contributed by atoms with van der Waals surface area (Å²) in [4.78, 5) is 2.49. The first-order valence-electron chi connectivity index (χ1n) is 8.99. The van der Waals surface area contributed by atoms with Crippen LogP contribution in [0.15, 0.2) is 24.3 Å². The molecule has 1 aliphatic heterocycles. The molecule has 3 rings (SSSR count). The summed E-state index contributed by atoms with van der Waals surface area (Å²) in [5, 5.41) is 0. The summed E-state index contributed by atoms with van der Waals surface area (Å²) in [6.45, 7) is 6.82. The molecule has 0 amide bonds. The Morgan fingerprint density at radius 1 is 1.27 bits per heavy atom. The maximum atomic E-state index is 5.89. The third kappa shape index (κ3) is 3.38. The highest BCUT2D eigenvalue weighted by molar-refractivity contribution is 5.30.